The van der Waals surface area contributed by atoms with E-state index < -0.39 is 10.0 Å². The summed E-state index contributed by atoms with van der Waals surface area (Å²) in [4.78, 5) is 12.0. The quantitative estimate of drug-likeness (QED) is 0.551. The Bertz CT molecular complexity index is 288. The number of amides is 1. The average Bonchev–Trinajstić information content (AvgIpc) is 2.01. The van der Waals surface area contributed by atoms with Crippen LogP contribution in [0.5, 0.6) is 0 Å². The summed E-state index contributed by atoms with van der Waals surface area (Å²) in [5.74, 6) is 0. The zero-order chi connectivity index (χ0) is 10.1. The highest BCUT2D eigenvalue weighted by molar-refractivity contribution is 7.88. The lowest BCUT2D eigenvalue weighted by molar-refractivity contribution is -0.119. The first-order chi connectivity index (χ1) is 5.95. The first-order valence-electron chi connectivity index (χ1n) is 4.11. The lowest BCUT2D eigenvalue weighted by atomic mass is 10.2. The highest BCUT2D eigenvalue weighted by Gasteiger charge is 2.28. The van der Waals surface area contributed by atoms with E-state index in [9.17, 15) is 13.2 Å². The van der Waals surface area contributed by atoms with Gasteiger partial charge in [-0.2, -0.15) is 4.31 Å². The van der Waals surface area contributed by atoms with Gasteiger partial charge in [-0.1, -0.05) is 0 Å². The van der Waals surface area contributed by atoms with Crippen LogP contribution in [0.2, 0.25) is 0 Å². The summed E-state index contributed by atoms with van der Waals surface area (Å²) in [5, 5.41) is 0. The van der Waals surface area contributed by atoms with Crippen LogP contribution in [0.15, 0.2) is 0 Å². The minimum absolute atomic E-state index is 0.117. The molecule has 1 rings (SSSR count). The second kappa shape index (κ2) is 3.63. The highest BCUT2D eigenvalue weighted by Crippen LogP contribution is 2.11. The maximum atomic E-state index is 11.2. The smallest absolute Gasteiger partial charge is 0.211 e. The molecule has 0 N–H and O–H groups in total. The number of nitrogens with zero attached hydrogens (tertiary/aromatic N) is 2. The van der Waals surface area contributed by atoms with Gasteiger partial charge in [0, 0.05) is 25.7 Å². The Morgan fingerprint density at radius 3 is 2.38 bits per heavy atom. The SMILES string of the molecule is CC1CN(C=O)CCN1S(C)(=O)=O. The van der Waals surface area contributed by atoms with Crippen LogP contribution in [0.4, 0.5) is 0 Å². The Labute approximate surface area is 78.4 Å². The number of piperazine rings is 1. The van der Waals surface area contributed by atoms with Crippen molar-refractivity contribution >= 4 is 16.4 Å². The lowest BCUT2D eigenvalue weighted by Crippen LogP contribution is -2.53. The van der Waals surface area contributed by atoms with Gasteiger partial charge in [0.25, 0.3) is 0 Å². The van der Waals surface area contributed by atoms with Gasteiger partial charge < -0.3 is 4.90 Å². The monoisotopic (exact) mass is 206 g/mol. The summed E-state index contributed by atoms with van der Waals surface area (Å²) >= 11 is 0. The summed E-state index contributed by atoms with van der Waals surface area (Å²) in [6, 6.07) is -0.117. The van der Waals surface area contributed by atoms with E-state index in [1.165, 1.54) is 10.6 Å². The van der Waals surface area contributed by atoms with Gasteiger partial charge in [-0.25, -0.2) is 8.42 Å². The fraction of sp³-hybridized carbons (Fsp3) is 0.857. The molecule has 1 aliphatic rings. The molecule has 0 saturated carbocycles. The second-order valence-electron chi connectivity index (χ2n) is 3.32. The van der Waals surface area contributed by atoms with Crippen LogP contribution in [0.1, 0.15) is 6.92 Å². The summed E-state index contributed by atoms with van der Waals surface area (Å²) < 4.78 is 23.8. The Morgan fingerprint density at radius 2 is 2.00 bits per heavy atom. The van der Waals surface area contributed by atoms with Gasteiger partial charge in [-0.05, 0) is 6.92 Å². The molecule has 1 fully saturated rings. The number of sulfonamides is 1. The average molecular weight is 206 g/mol. The molecule has 1 unspecified atom stereocenters. The first kappa shape index (κ1) is 10.5. The van der Waals surface area contributed by atoms with Gasteiger partial charge in [0.2, 0.25) is 16.4 Å². The van der Waals surface area contributed by atoms with Crippen molar-refractivity contribution in [3.8, 4) is 0 Å². The van der Waals surface area contributed by atoms with Gasteiger partial charge in [-0.15, -0.1) is 0 Å². The predicted octanol–water partition coefficient (Wildman–Crippen LogP) is -0.891. The van der Waals surface area contributed by atoms with Crippen LogP contribution in [-0.4, -0.2) is 56.0 Å². The van der Waals surface area contributed by atoms with Crippen molar-refractivity contribution < 1.29 is 13.2 Å². The second-order valence-corrected chi connectivity index (χ2v) is 5.26. The van der Waals surface area contributed by atoms with Crippen LogP contribution in [0, 0.1) is 0 Å². The van der Waals surface area contributed by atoms with Crippen LogP contribution in [0.25, 0.3) is 0 Å². The van der Waals surface area contributed by atoms with E-state index in [4.69, 9.17) is 0 Å². The molecule has 0 aromatic rings. The molecule has 1 amide bonds. The maximum absolute atomic E-state index is 11.2. The topological polar surface area (TPSA) is 57.7 Å². The Kier molecular flexibility index (Phi) is 2.92. The predicted molar refractivity (Wildman–Crippen MR) is 48.6 cm³/mol. The third kappa shape index (κ3) is 2.41. The minimum Gasteiger partial charge on any atom is -0.342 e. The van der Waals surface area contributed by atoms with E-state index in [-0.39, 0.29) is 6.04 Å². The fourth-order valence-corrected chi connectivity index (χ4v) is 2.69. The molecule has 0 aliphatic carbocycles. The van der Waals surface area contributed by atoms with Crippen LogP contribution in [0.3, 0.4) is 0 Å². The molecule has 0 radical (unpaired) electrons. The van der Waals surface area contributed by atoms with Crippen molar-refractivity contribution in [2.75, 3.05) is 25.9 Å². The molecule has 0 spiro atoms. The van der Waals surface area contributed by atoms with E-state index >= 15 is 0 Å². The molecule has 0 aromatic heterocycles. The van der Waals surface area contributed by atoms with E-state index in [1.54, 1.807) is 11.8 Å². The van der Waals surface area contributed by atoms with Gasteiger partial charge >= 0.3 is 0 Å². The molecule has 1 saturated heterocycles. The van der Waals surface area contributed by atoms with Crippen molar-refractivity contribution in [1.29, 1.82) is 0 Å². The first-order valence-corrected chi connectivity index (χ1v) is 5.96. The highest BCUT2D eigenvalue weighted by atomic mass is 32.2. The summed E-state index contributed by atoms with van der Waals surface area (Å²) in [5.41, 5.74) is 0. The van der Waals surface area contributed by atoms with Gasteiger partial charge in [0.15, 0.2) is 0 Å². The van der Waals surface area contributed by atoms with Gasteiger partial charge in [0.05, 0.1) is 6.26 Å². The van der Waals surface area contributed by atoms with Crippen LogP contribution >= 0.6 is 0 Å². The third-order valence-corrected chi connectivity index (χ3v) is 3.57. The fourth-order valence-electron chi connectivity index (χ4n) is 1.56. The Morgan fingerprint density at radius 1 is 1.38 bits per heavy atom. The Balaban J connectivity index is 2.69. The van der Waals surface area contributed by atoms with Gasteiger partial charge in [0.1, 0.15) is 0 Å². The van der Waals surface area contributed by atoms with Crippen molar-refractivity contribution in [3.63, 3.8) is 0 Å². The number of hydrogen-bond acceptors (Lipinski definition) is 3. The van der Waals surface area contributed by atoms with Crippen LogP contribution < -0.4 is 0 Å². The van der Waals surface area contributed by atoms with Crippen molar-refractivity contribution in [2.24, 2.45) is 0 Å². The summed E-state index contributed by atoms with van der Waals surface area (Å²) in [6.07, 6.45) is 1.95. The standard InChI is InChI=1S/C7H14N2O3S/c1-7-5-8(6-10)3-4-9(7)13(2,11)12/h6-7H,3-5H2,1-2H3. The van der Waals surface area contributed by atoms with E-state index in [0.29, 0.717) is 19.6 Å². The molecule has 0 aromatic carbocycles. The van der Waals surface area contributed by atoms with Crippen molar-refractivity contribution in [2.45, 2.75) is 13.0 Å². The number of carbonyl (C=O) groups excluding carboxylic acids is 1. The summed E-state index contributed by atoms with van der Waals surface area (Å²) in [7, 11) is -3.12. The molecule has 1 atom stereocenters. The molecule has 76 valence electrons. The molecule has 5 nitrogen and oxygen atoms in total. The Hall–Kier alpha value is -0.620. The molecule has 0 bridgehead atoms. The van der Waals surface area contributed by atoms with Crippen molar-refractivity contribution in [3.05, 3.63) is 0 Å². The molecule has 6 heteroatoms. The molecule has 1 heterocycles. The molecule has 1 aliphatic heterocycles. The van der Waals surface area contributed by atoms with E-state index in [0.717, 1.165) is 6.41 Å². The zero-order valence-electron chi connectivity index (χ0n) is 7.80. The number of carbonyl (C=O) groups is 1. The minimum atomic E-state index is -3.12. The maximum Gasteiger partial charge on any atom is 0.211 e. The van der Waals surface area contributed by atoms with E-state index in [2.05, 4.69) is 0 Å². The molecular weight excluding hydrogens is 192 g/mol. The molecular formula is C7H14N2O3S. The third-order valence-electron chi connectivity index (χ3n) is 2.17. The molecule has 13 heavy (non-hydrogen) atoms. The van der Waals surface area contributed by atoms with E-state index in [1.807, 2.05) is 0 Å². The largest absolute Gasteiger partial charge is 0.342 e. The van der Waals surface area contributed by atoms with Crippen molar-refractivity contribution in [1.82, 2.24) is 9.21 Å². The van der Waals surface area contributed by atoms with Gasteiger partial charge in [-0.3, -0.25) is 4.79 Å². The lowest BCUT2D eigenvalue weighted by Gasteiger charge is -2.36. The number of rotatable bonds is 2. The number of hydrogen-bond donors (Lipinski definition) is 0. The zero-order valence-corrected chi connectivity index (χ0v) is 8.62. The summed E-state index contributed by atoms with van der Waals surface area (Å²) in [6.45, 7) is 3.17. The van der Waals surface area contributed by atoms with Crippen LogP contribution in [-0.2, 0) is 14.8 Å². The normalized spacial score (nSPS) is 26.0.